The summed E-state index contributed by atoms with van der Waals surface area (Å²) in [5, 5.41) is 0.669. The van der Waals surface area contributed by atoms with Crippen LogP contribution in [0, 0.1) is 0 Å². The maximum atomic E-state index is 11.5. The van der Waals surface area contributed by atoms with Gasteiger partial charge in [-0.3, -0.25) is 0 Å². The minimum atomic E-state index is -0.258. The first-order chi connectivity index (χ1) is 2.77. The van der Waals surface area contributed by atoms with E-state index in [0.29, 0.717) is 11.8 Å². The van der Waals surface area contributed by atoms with Crippen LogP contribution < -0.4 is 0 Å². The van der Waals surface area contributed by atoms with E-state index < -0.39 is 0 Å². The molecule has 0 heterocycles. The van der Waals surface area contributed by atoms with Gasteiger partial charge in [0.1, 0.15) is 0 Å². The molecular formula is C4H6BrF. The van der Waals surface area contributed by atoms with E-state index in [-0.39, 0.29) is 5.83 Å². The third kappa shape index (κ3) is 4.15. The van der Waals surface area contributed by atoms with E-state index in [0.717, 1.165) is 0 Å². The summed E-state index contributed by atoms with van der Waals surface area (Å²) in [6.45, 7) is 3.05. The highest BCUT2D eigenvalue weighted by Gasteiger charge is 1.82. The topological polar surface area (TPSA) is 0 Å². The summed E-state index contributed by atoms with van der Waals surface area (Å²) in [6.07, 6.45) is 0.431. The fourth-order valence-electron chi connectivity index (χ4n) is 0.103. The molecule has 0 atom stereocenters. The van der Waals surface area contributed by atoms with Gasteiger partial charge in [-0.2, -0.15) is 0 Å². The molecule has 0 amide bonds. The summed E-state index contributed by atoms with van der Waals surface area (Å²) < 4.78 is 11.5. The predicted octanol–water partition coefficient (Wildman–Crippen LogP) is 2.25. The van der Waals surface area contributed by atoms with E-state index in [1.54, 1.807) is 0 Å². The molecule has 0 aromatic rings. The Kier molecular flexibility index (Phi) is 3.43. The lowest BCUT2D eigenvalue weighted by Gasteiger charge is -1.81. The molecule has 0 aliphatic carbocycles. The standard InChI is InChI=1S/C4H6BrF/c1-4(6)2-3-5/h1-3H2. The van der Waals surface area contributed by atoms with Gasteiger partial charge < -0.3 is 0 Å². The van der Waals surface area contributed by atoms with Crippen LogP contribution in [0.1, 0.15) is 6.42 Å². The van der Waals surface area contributed by atoms with Gasteiger partial charge in [-0.1, -0.05) is 22.5 Å². The summed E-state index contributed by atoms with van der Waals surface area (Å²) in [5.74, 6) is -0.258. The third-order valence-electron chi connectivity index (χ3n) is 0.366. The Balaban J connectivity index is 2.83. The number of hydrogen-bond donors (Lipinski definition) is 0. The van der Waals surface area contributed by atoms with Crippen LogP contribution in [0.25, 0.3) is 0 Å². The van der Waals surface area contributed by atoms with Crippen molar-refractivity contribution in [2.24, 2.45) is 0 Å². The molecule has 0 bridgehead atoms. The van der Waals surface area contributed by atoms with E-state index in [4.69, 9.17) is 0 Å². The summed E-state index contributed by atoms with van der Waals surface area (Å²) in [5.41, 5.74) is 0. The largest absolute Gasteiger partial charge is 0.212 e. The number of rotatable bonds is 2. The van der Waals surface area contributed by atoms with Crippen LogP contribution >= 0.6 is 15.9 Å². The van der Waals surface area contributed by atoms with Gasteiger partial charge >= 0.3 is 0 Å². The Morgan fingerprint density at radius 3 is 2.33 bits per heavy atom. The van der Waals surface area contributed by atoms with Crippen molar-refractivity contribution in [2.75, 3.05) is 5.33 Å². The molecule has 0 spiro atoms. The molecule has 0 aromatic heterocycles. The lowest BCUT2D eigenvalue weighted by Crippen LogP contribution is -1.69. The van der Waals surface area contributed by atoms with Crippen LogP contribution in [0.2, 0.25) is 0 Å². The van der Waals surface area contributed by atoms with Crippen LogP contribution in [-0.4, -0.2) is 5.33 Å². The molecule has 0 unspecified atom stereocenters. The van der Waals surface area contributed by atoms with Gasteiger partial charge in [0.2, 0.25) is 0 Å². The van der Waals surface area contributed by atoms with Crippen LogP contribution in [0.4, 0.5) is 4.39 Å². The van der Waals surface area contributed by atoms with E-state index in [1.807, 2.05) is 0 Å². The van der Waals surface area contributed by atoms with E-state index in [1.165, 1.54) is 0 Å². The molecule has 0 N–H and O–H groups in total. The second-order valence-electron chi connectivity index (χ2n) is 0.956. The fourth-order valence-corrected chi connectivity index (χ4v) is 0.533. The van der Waals surface area contributed by atoms with Crippen molar-refractivity contribution in [1.82, 2.24) is 0 Å². The first-order valence-electron chi connectivity index (χ1n) is 1.66. The summed E-state index contributed by atoms with van der Waals surface area (Å²) in [7, 11) is 0. The lowest BCUT2D eigenvalue weighted by atomic mass is 10.5. The van der Waals surface area contributed by atoms with Crippen molar-refractivity contribution >= 4 is 15.9 Å². The Bertz CT molecular complexity index is 51.5. The lowest BCUT2D eigenvalue weighted by molar-refractivity contribution is 0.612. The average molecular weight is 153 g/mol. The minimum absolute atomic E-state index is 0.258. The van der Waals surface area contributed by atoms with Gasteiger partial charge in [-0.25, -0.2) is 4.39 Å². The van der Waals surface area contributed by atoms with Crippen LogP contribution in [0.5, 0.6) is 0 Å². The zero-order chi connectivity index (χ0) is 4.99. The molecule has 0 radical (unpaired) electrons. The highest BCUT2D eigenvalue weighted by atomic mass is 79.9. The SMILES string of the molecule is C=C(F)CCBr. The number of allylic oxidation sites excluding steroid dienone is 1. The maximum absolute atomic E-state index is 11.5. The zero-order valence-electron chi connectivity index (χ0n) is 3.38. The highest BCUT2D eigenvalue weighted by molar-refractivity contribution is 9.09. The molecule has 0 fully saturated rings. The molecule has 0 aromatic carbocycles. The van der Waals surface area contributed by atoms with Gasteiger partial charge in [0.15, 0.2) is 0 Å². The second kappa shape index (κ2) is 3.34. The van der Waals surface area contributed by atoms with Crippen LogP contribution in [0.15, 0.2) is 12.4 Å². The van der Waals surface area contributed by atoms with Gasteiger partial charge in [-0.05, 0) is 0 Å². The monoisotopic (exact) mass is 152 g/mol. The number of hydrogen-bond acceptors (Lipinski definition) is 0. The molecule has 0 nitrogen and oxygen atoms in total. The Labute approximate surface area is 45.2 Å². The maximum Gasteiger partial charge on any atom is 0.0936 e. The first-order valence-corrected chi connectivity index (χ1v) is 2.78. The molecule has 36 valence electrons. The summed E-state index contributed by atoms with van der Waals surface area (Å²) in [4.78, 5) is 0. The van der Waals surface area contributed by atoms with Gasteiger partial charge in [-0.15, -0.1) is 0 Å². The molecule has 0 aliphatic rings. The fraction of sp³-hybridized carbons (Fsp3) is 0.500. The third-order valence-corrected chi connectivity index (χ3v) is 0.762. The molecular weight excluding hydrogens is 147 g/mol. The van der Waals surface area contributed by atoms with Crippen molar-refractivity contribution < 1.29 is 4.39 Å². The van der Waals surface area contributed by atoms with Crippen molar-refractivity contribution in [1.29, 1.82) is 0 Å². The molecule has 6 heavy (non-hydrogen) atoms. The molecule has 0 aliphatic heterocycles. The Hall–Kier alpha value is 0.150. The summed E-state index contributed by atoms with van der Waals surface area (Å²) in [6, 6.07) is 0. The average Bonchev–Trinajstić information content (AvgIpc) is 1.35. The van der Waals surface area contributed by atoms with Crippen LogP contribution in [-0.2, 0) is 0 Å². The smallest absolute Gasteiger partial charge is 0.0936 e. The van der Waals surface area contributed by atoms with E-state index >= 15 is 0 Å². The van der Waals surface area contributed by atoms with E-state index in [2.05, 4.69) is 22.5 Å². The van der Waals surface area contributed by atoms with Crippen molar-refractivity contribution in [3.8, 4) is 0 Å². The normalized spacial score (nSPS) is 8.33. The predicted molar refractivity (Wildman–Crippen MR) is 28.7 cm³/mol. The Morgan fingerprint density at radius 2 is 2.33 bits per heavy atom. The zero-order valence-corrected chi connectivity index (χ0v) is 4.96. The molecule has 0 saturated carbocycles. The summed E-state index contributed by atoms with van der Waals surface area (Å²) >= 11 is 3.05. The number of alkyl halides is 1. The molecule has 0 rings (SSSR count). The minimum Gasteiger partial charge on any atom is -0.212 e. The van der Waals surface area contributed by atoms with Gasteiger partial charge in [0, 0.05) is 11.8 Å². The number of halogens is 2. The Morgan fingerprint density at radius 1 is 1.83 bits per heavy atom. The molecule has 2 heteroatoms. The quantitative estimate of drug-likeness (QED) is 0.533. The van der Waals surface area contributed by atoms with Crippen molar-refractivity contribution in [3.05, 3.63) is 12.4 Å². The van der Waals surface area contributed by atoms with Crippen molar-refractivity contribution in [2.45, 2.75) is 6.42 Å². The van der Waals surface area contributed by atoms with Crippen molar-refractivity contribution in [3.63, 3.8) is 0 Å². The van der Waals surface area contributed by atoms with E-state index in [9.17, 15) is 4.39 Å². The first kappa shape index (κ1) is 6.15. The second-order valence-corrected chi connectivity index (χ2v) is 1.75. The van der Waals surface area contributed by atoms with Gasteiger partial charge in [0.25, 0.3) is 0 Å². The highest BCUT2D eigenvalue weighted by Crippen LogP contribution is 1.99. The van der Waals surface area contributed by atoms with Crippen LogP contribution in [0.3, 0.4) is 0 Å². The molecule has 0 saturated heterocycles. The van der Waals surface area contributed by atoms with Gasteiger partial charge in [0.05, 0.1) is 5.83 Å².